The van der Waals surface area contributed by atoms with E-state index in [4.69, 9.17) is 9.84 Å². The van der Waals surface area contributed by atoms with Crippen molar-refractivity contribution in [1.29, 1.82) is 0 Å². The number of nitrogens with zero attached hydrogens (tertiary/aromatic N) is 1. The lowest BCUT2D eigenvalue weighted by Crippen LogP contribution is -2.41. The summed E-state index contributed by atoms with van der Waals surface area (Å²) in [7, 11) is 0. The van der Waals surface area contributed by atoms with Crippen molar-refractivity contribution < 1.29 is 24.2 Å². The van der Waals surface area contributed by atoms with Crippen LogP contribution in [0.2, 0.25) is 0 Å². The molecule has 0 saturated carbocycles. The van der Waals surface area contributed by atoms with E-state index in [-0.39, 0.29) is 37.3 Å². The summed E-state index contributed by atoms with van der Waals surface area (Å²) in [4.78, 5) is 35.2. The first kappa shape index (κ1) is 19.4. The fourth-order valence-electron chi connectivity index (χ4n) is 1.85. The monoisotopic (exact) mass is 302 g/mol. The lowest BCUT2D eigenvalue weighted by atomic mass is 10.2. The van der Waals surface area contributed by atoms with Crippen LogP contribution in [-0.2, 0) is 19.1 Å². The molecular weight excluding hydrogens is 276 g/mol. The van der Waals surface area contributed by atoms with Gasteiger partial charge in [-0.1, -0.05) is 13.8 Å². The number of aliphatic carboxylic acids is 1. The molecule has 7 heteroatoms. The number of amides is 1. The van der Waals surface area contributed by atoms with Crippen LogP contribution in [0.15, 0.2) is 0 Å². The van der Waals surface area contributed by atoms with Crippen LogP contribution in [0.4, 0.5) is 0 Å². The summed E-state index contributed by atoms with van der Waals surface area (Å²) in [5.41, 5.74) is 0. The molecule has 0 unspecified atom stereocenters. The number of carbonyl (C=O) groups excluding carboxylic acids is 2. The predicted octanol–water partition coefficient (Wildman–Crippen LogP) is 0.489. The molecule has 0 aromatic rings. The molecule has 0 bridgehead atoms. The van der Waals surface area contributed by atoms with Crippen molar-refractivity contribution in [2.24, 2.45) is 5.92 Å². The van der Waals surface area contributed by atoms with Crippen LogP contribution in [0.5, 0.6) is 0 Å². The number of hydrogen-bond donors (Lipinski definition) is 2. The highest BCUT2D eigenvalue weighted by atomic mass is 16.5. The molecule has 21 heavy (non-hydrogen) atoms. The van der Waals surface area contributed by atoms with Gasteiger partial charge in [0.15, 0.2) is 0 Å². The van der Waals surface area contributed by atoms with Gasteiger partial charge in [-0.2, -0.15) is 0 Å². The summed E-state index contributed by atoms with van der Waals surface area (Å²) in [5, 5.41) is 11.5. The highest BCUT2D eigenvalue weighted by Crippen LogP contribution is 1.98. The summed E-state index contributed by atoms with van der Waals surface area (Å²) in [6, 6.07) is 0. The Morgan fingerprint density at radius 3 is 2.43 bits per heavy atom. The van der Waals surface area contributed by atoms with E-state index in [1.807, 2.05) is 13.8 Å². The van der Waals surface area contributed by atoms with Crippen molar-refractivity contribution in [3.63, 3.8) is 0 Å². The summed E-state index contributed by atoms with van der Waals surface area (Å²) in [5.74, 6) is -1.19. The number of carboxylic acids is 1. The first-order valence-electron chi connectivity index (χ1n) is 7.21. The van der Waals surface area contributed by atoms with Crippen molar-refractivity contribution in [1.82, 2.24) is 10.2 Å². The number of carboxylic acid groups (broad SMARTS) is 1. The smallest absolute Gasteiger partial charge is 0.317 e. The maximum Gasteiger partial charge on any atom is 0.317 e. The highest BCUT2D eigenvalue weighted by Gasteiger charge is 2.15. The molecule has 0 aromatic carbocycles. The van der Waals surface area contributed by atoms with Crippen LogP contribution in [0.1, 0.15) is 33.6 Å². The second kappa shape index (κ2) is 11.1. The lowest BCUT2D eigenvalue weighted by molar-refractivity contribution is -0.143. The van der Waals surface area contributed by atoms with Crippen molar-refractivity contribution in [2.45, 2.75) is 33.6 Å². The molecule has 0 aromatic heterocycles. The SMILES string of the molecule is CCOC(=O)CCCNC(=O)CN(CC(=O)O)CC(C)C. The van der Waals surface area contributed by atoms with Crippen LogP contribution in [0.3, 0.4) is 0 Å². The molecule has 0 saturated heterocycles. The van der Waals surface area contributed by atoms with Gasteiger partial charge in [-0.3, -0.25) is 19.3 Å². The van der Waals surface area contributed by atoms with Gasteiger partial charge in [0.25, 0.3) is 0 Å². The average Bonchev–Trinajstić information content (AvgIpc) is 2.33. The zero-order valence-electron chi connectivity index (χ0n) is 13.1. The standard InChI is InChI=1S/C14H26N2O5/c1-4-21-14(20)6-5-7-15-12(17)9-16(8-11(2)3)10-13(18)19/h11H,4-10H2,1-3H3,(H,15,17)(H,18,19). The Labute approximate surface area is 125 Å². The van der Waals surface area contributed by atoms with Gasteiger partial charge in [-0.25, -0.2) is 0 Å². The third-order valence-electron chi connectivity index (χ3n) is 2.53. The summed E-state index contributed by atoms with van der Waals surface area (Å²) in [6.45, 7) is 6.83. The first-order valence-corrected chi connectivity index (χ1v) is 7.21. The Kier molecular flexibility index (Phi) is 10.2. The van der Waals surface area contributed by atoms with Crippen molar-refractivity contribution in [2.75, 3.05) is 32.8 Å². The summed E-state index contributed by atoms with van der Waals surface area (Å²) < 4.78 is 4.78. The number of ether oxygens (including phenoxy) is 1. The molecular formula is C14H26N2O5. The normalized spacial score (nSPS) is 10.7. The predicted molar refractivity (Wildman–Crippen MR) is 77.8 cm³/mol. The maximum absolute atomic E-state index is 11.7. The quantitative estimate of drug-likeness (QED) is 0.426. The fraction of sp³-hybridized carbons (Fsp3) is 0.786. The van der Waals surface area contributed by atoms with E-state index in [0.717, 1.165) is 0 Å². The molecule has 0 aliphatic rings. The third kappa shape index (κ3) is 11.9. The second-order valence-electron chi connectivity index (χ2n) is 5.22. The van der Waals surface area contributed by atoms with E-state index in [1.165, 1.54) is 0 Å². The molecule has 0 heterocycles. The number of carbonyl (C=O) groups is 3. The molecule has 0 radical (unpaired) electrons. The van der Waals surface area contributed by atoms with Crippen LogP contribution in [0, 0.1) is 5.92 Å². The molecule has 0 rings (SSSR count). The minimum Gasteiger partial charge on any atom is -0.480 e. The minimum atomic E-state index is -0.953. The Hall–Kier alpha value is -1.63. The van der Waals surface area contributed by atoms with Gasteiger partial charge < -0.3 is 15.2 Å². The molecule has 1 amide bonds. The average molecular weight is 302 g/mol. The number of esters is 1. The molecule has 0 aliphatic carbocycles. The Morgan fingerprint density at radius 2 is 1.90 bits per heavy atom. The molecule has 0 atom stereocenters. The van der Waals surface area contributed by atoms with E-state index >= 15 is 0 Å². The maximum atomic E-state index is 11.7. The molecule has 7 nitrogen and oxygen atoms in total. The van der Waals surface area contributed by atoms with E-state index in [9.17, 15) is 14.4 Å². The minimum absolute atomic E-state index is 0.0455. The number of nitrogens with one attached hydrogen (secondary N) is 1. The van der Waals surface area contributed by atoms with E-state index in [0.29, 0.717) is 26.1 Å². The van der Waals surface area contributed by atoms with E-state index in [2.05, 4.69) is 5.32 Å². The van der Waals surface area contributed by atoms with Gasteiger partial charge in [-0.05, 0) is 19.3 Å². The van der Waals surface area contributed by atoms with Gasteiger partial charge in [0.2, 0.25) is 5.91 Å². The molecule has 0 spiro atoms. The molecule has 0 aliphatic heterocycles. The van der Waals surface area contributed by atoms with Gasteiger partial charge >= 0.3 is 11.9 Å². The van der Waals surface area contributed by atoms with Gasteiger partial charge in [-0.15, -0.1) is 0 Å². The zero-order valence-corrected chi connectivity index (χ0v) is 13.1. The zero-order chi connectivity index (χ0) is 16.3. The van der Waals surface area contributed by atoms with Gasteiger partial charge in [0, 0.05) is 19.5 Å². The van der Waals surface area contributed by atoms with Gasteiger partial charge in [0.1, 0.15) is 0 Å². The van der Waals surface area contributed by atoms with Crippen molar-refractivity contribution >= 4 is 17.8 Å². The topological polar surface area (TPSA) is 95.9 Å². The summed E-state index contributed by atoms with van der Waals surface area (Å²) >= 11 is 0. The molecule has 122 valence electrons. The van der Waals surface area contributed by atoms with Crippen molar-refractivity contribution in [3.05, 3.63) is 0 Å². The largest absolute Gasteiger partial charge is 0.480 e. The molecule has 0 fully saturated rings. The fourth-order valence-corrected chi connectivity index (χ4v) is 1.85. The number of rotatable bonds is 11. The van der Waals surface area contributed by atoms with Crippen LogP contribution in [0.25, 0.3) is 0 Å². The Morgan fingerprint density at radius 1 is 1.24 bits per heavy atom. The Balaban J connectivity index is 3.97. The first-order chi connectivity index (χ1) is 9.85. The van der Waals surface area contributed by atoms with Gasteiger partial charge in [0.05, 0.1) is 19.7 Å². The Bertz CT molecular complexity index is 344. The van der Waals surface area contributed by atoms with Crippen LogP contribution >= 0.6 is 0 Å². The molecule has 2 N–H and O–H groups in total. The van der Waals surface area contributed by atoms with E-state index in [1.54, 1.807) is 11.8 Å². The van der Waals surface area contributed by atoms with Crippen molar-refractivity contribution in [3.8, 4) is 0 Å². The van der Waals surface area contributed by atoms with E-state index < -0.39 is 5.97 Å². The van der Waals surface area contributed by atoms with Crippen LogP contribution in [-0.4, -0.2) is 60.6 Å². The number of hydrogen-bond acceptors (Lipinski definition) is 5. The third-order valence-corrected chi connectivity index (χ3v) is 2.53. The summed E-state index contributed by atoms with van der Waals surface area (Å²) in [6.07, 6.45) is 0.770. The highest BCUT2D eigenvalue weighted by molar-refractivity contribution is 5.79. The van der Waals surface area contributed by atoms with Crippen LogP contribution < -0.4 is 5.32 Å². The lowest BCUT2D eigenvalue weighted by Gasteiger charge is -2.21. The second-order valence-corrected chi connectivity index (χ2v) is 5.22.